The smallest absolute Gasteiger partial charge is 0.406 e. The molecule has 1 atom stereocenters. The molecule has 0 aliphatic heterocycles. The maximum Gasteiger partial charge on any atom is 0.573 e. The normalized spacial score (nSPS) is 12.3. The number of hydrogen-bond donors (Lipinski definition) is 4. The van der Waals surface area contributed by atoms with Gasteiger partial charge in [-0.3, -0.25) is 5.32 Å². The van der Waals surface area contributed by atoms with Gasteiger partial charge in [0, 0.05) is 17.8 Å². The number of aliphatic hydroxyl groups excluding tert-OH is 1. The molecule has 210 valence electrons. The van der Waals surface area contributed by atoms with E-state index in [-0.39, 0.29) is 5.75 Å². The van der Waals surface area contributed by atoms with Crippen molar-refractivity contribution in [1.29, 1.82) is 0 Å². The number of nitrogens with zero attached hydrogens (tertiary/aromatic N) is 3. The lowest BCUT2D eigenvalue weighted by Crippen LogP contribution is -2.46. The van der Waals surface area contributed by atoms with E-state index in [0.29, 0.717) is 29.1 Å². The molecule has 0 bridgehead atoms. The van der Waals surface area contributed by atoms with Crippen molar-refractivity contribution in [2.45, 2.75) is 45.9 Å². The summed E-state index contributed by atoms with van der Waals surface area (Å²) in [5, 5.41) is 24.0. The van der Waals surface area contributed by atoms with E-state index in [0.717, 1.165) is 27.9 Å². The number of anilines is 1. The van der Waals surface area contributed by atoms with Crippen molar-refractivity contribution in [2.75, 3.05) is 5.32 Å². The number of nitrogens with one attached hydrogen (secondary N) is 3. The van der Waals surface area contributed by atoms with E-state index in [1.165, 1.54) is 35.3 Å². The Morgan fingerprint density at radius 2 is 1.75 bits per heavy atom. The highest BCUT2D eigenvalue weighted by Crippen LogP contribution is 2.26. The molecule has 12 heteroatoms. The second-order valence-electron chi connectivity index (χ2n) is 9.38. The molecule has 0 saturated carbocycles. The van der Waals surface area contributed by atoms with Crippen LogP contribution in [-0.2, 0) is 6.54 Å². The summed E-state index contributed by atoms with van der Waals surface area (Å²) >= 11 is 5.38. The van der Waals surface area contributed by atoms with Crippen LogP contribution < -0.4 is 20.7 Å². The Kier molecular flexibility index (Phi) is 9.03. The number of aryl methyl sites for hydroxylation is 1. The van der Waals surface area contributed by atoms with E-state index in [2.05, 4.69) is 56.8 Å². The number of alkyl halides is 3. The average molecular weight is 571 g/mol. The summed E-state index contributed by atoms with van der Waals surface area (Å²) in [4.78, 5) is 4.29. The topological polar surface area (TPSA) is 96.3 Å². The van der Waals surface area contributed by atoms with E-state index in [1.54, 1.807) is 0 Å². The molecule has 0 spiro atoms. The minimum absolute atomic E-state index is 0.298. The Morgan fingerprint density at radius 3 is 2.40 bits per heavy atom. The molecule has 1 heterocycles. The van der Waals surface area contributed by atoms with Crippen LogP contribution >= 0.6 is 12.2 Å². The molecule has 40 heavy (non-hydrogen) atoms. The fraction of sp³-hybridized carbons (Fsp3) is 0.250. The number of hydrogen-bond acceptors (Lipinski definition) is 6. The molecule has 1 unspecified atom stereocenters. The highest BCUT2D eigenvalue weighted by Gasteiger charge is 2.31. The number of ether oxygens (including phenoxy) is 1. The Labute approximate surface area is 235 Å². The van der Waals surface area contributed by atoms with Crippen LogP contribution in [0.15, 0.2) is 73.1 Å². The molecule has 0 aliphatic rings. The van der Waals surface area contributed by atoms with Crippen molar-refractivity contribution >= 4 is 23.0 Å². The van der Waals surface area contributed by atoms with Crippen LogP contribution in [0.4, 0.5) is 18.9 Å². The van der Waals surface area contributed by atoms with Gasteiger partial charge in [-0.15, -0.1) is 18.3 Å². The first-order valence-corrected chi connectivity index (χ1v) is 12.8. The fourth-order valence-corrected chi connectivity index (χ4v) is 4.14. The molecule has 0 fully saturated rings. The number of aliphatic hydroxyl groups is 1. The van der Waals surface area contributed by atoms with E-state index in [1.807, 2.05) is 37.3 Å². The summed E-state index contributed by atoms with van der Waals surface area (Å²) in [5.41, 5.74) is 5.33. The molecular formula is C28H29F3N6O2S. The minimum Gasteiger partial charge on any atom is -0.406 e. The molecule has 0 saturated heterocycles. The highest BCUT2D eigenvalue weighted by atomic mass is 32.1. The minimum atomic E-state index is -4.75. The van der Waals surface area contributed by atoms with Crippen molar-refractivity contribution in [1.82, 2.24) is 25.4 Å². The molecule has 0 aliphatic carbocycles. The van der Waals surface area contributed by atoms with Crippen LogP contribution in [0.1, 0.15) is 36.5 Å². The molecule has 1 aromatic heterocycles. The lowest BCUT2D eigenvalue weighted by atomic mass is 9.99. The van der Waals surface area contributed by atoms with Crippen LogP contribution in [0.25, 0.3) is 17.1 Å². The van der Waals surface area contributed by atoms with Gasteiger partial charge in [0.15, 0.2) is 17.3 Å². The second kappa shape index (κ2) is 12.5. The SMILES string of the molecule is Cc1ccc(C(C)C)c(NC(=S)NC(O)NCc2ccc(-c3ncn(-c4ccc(OC(F)(F)F)cc4)n3)cc2)c1. The third-order valence-corrected chi connectivity index (χ3v) is 6.11. The average Bonchev–Trinajstić information content (AvgIpc) is 3.37. The highest BCUT2D eigenvalue weighted by molar-refractivity contribution is 7.80. The van der Waals surface area contributed by atoms with Crippen molar-refractivity contribution in [3.63, 3.8) is 0 Å². The maximum atomic E-state index is 12.4. The quantitative estimate of drug-likeness (QED) is 0.152. The first kappa shape index (κ1) is 29.0. The van der Waals surface area contributed by atoms with Crippen molar-refractivity contribution < 1.29 is 23.0 Å². The first-order valence-electron chi connectivity index (χ1n) is 12.4. The molecular weight excluding hydrogens is 541 g/mol. The second-order valence-corrected chi connectivity index (χ2v) is 9.79. The Morgan fingerprint density at radius 1 is 1.05 bits per heavy atom. The first-order chi connectivity index (χ1) is 19.0. The zero-order valence-corrected chi connectivity index (χ0v) is 22.8. The molecule has 0 radical (unpaired) electrons. The molecule has 0 amide bonds. The van der Waals surface area contributed by atoms with Crippen LogP contribution in [0.3, 0.4) is 0 Å². The zero-order chi connectivity index (χ0) is 28.9. The van der Waals surface area contributed by atoms with Crippen molar-refractivity contribution in [3.05, 3.63) is 89.7 Å². The summed E-state index contributed by atoms with van der Waals surface area (Å²) < 4.78 is 42.4. The van der Waals surface area contributed by atoms with Crippen LogP contribution in [0, 0.1) is 6.92 Å². The number of thiocarbonyl (C=S) groups is 1. The van der Waals surface area contributed by atoms with Gasteiger partial charge in [-0.05, 0) is 72.1 Å². The van der Waals surface area contributed by atoms with Gasteiger partial charge >= 0.3 is 6.36 Å². The van der Waals surface area contributed by atoms with Gasteiger partial charge in [0.25, 0.3) is 0 Å². The zero-order valence-electron chi connectivity index (χ0n) is 22.0. The third kappa shape index (κ3) is 8.01. The van der Waals surface area contributed by atoms with Crippen LogP contribution in [0.2, 0.25) is 0 Å². The maximum absolute atomic E-state index is 12.4. The van der Waals surface area contributed by atoms with Crippen LogP contribution in [0.5, 0.6) is 5.75 Å². The Balaban J connectivity index is 1.29. The summed E-state index contributed by atoms with van der Waals surface area (Å²) in [7, 11) is 0. The van der Waals surface area contributed by atoms with Gasteiger partial charge in [-0.25, -0.2) is 9.67 Å². The molecule has 4 aromatic rings. The monoisotopic (exact) mass is 570 g/mol. The van der Waals surface area contributed by atoms with E-state index < -0.39 is 12.7 Å². The van der Waals surface area contributed by atoms with E-state index in [4.69, 9.17) is 12.2 Å². The molecule has 8 nitrogen and oxygen atoms in total. The standard InChI is InChI=1S/C28H29F3N6O2S/c1-17(2)23-13-4-18(3)14-24(23)34-27(40)35-26(38)32-15-19-5-7-20(8-6-19)25-33-16-37(36-25)21-9-11-22(12-10-21)39-28(29,30)31/h4-14,16-17,26,32,38H,15H2,1-3H3,(H2,34,35,40). The van der Waals surface area contributed by atoms with E-state index >= 15 is 0 Å². The Hall–Kier alpha value is -4.00. The molecule has 4 rings (SSSR count). The van der Waals surface area contributed by atoms with Gasteiger partial charge in [0.2, 0.25) is 0 Å². The van der Waals surface area contributed by atoms with E-state index in [9.17, 15) is 18.3 Å². The summed E-state index contributed by atoms with van der Waals surface area (Å²) in [6.07, 6.45) is -4.34. The number of halogens is 3. The lowest BCUT2D eigenvalue weighted by molar-refractivity contribution is -0.274. The number of rotatable bonds is 9. The predicted molar refractivity (Wildman–Crippen MR) is 151 cm³/mol. The van der Waals surface area contributed by atoms with Gasteiger partial charge in [-0.1, -0.05) is 50.2 Å². The predicted octanol–water partition coefficient (Wildman–Crippen LogP) is 5.62. The Bertz CT molecular complexity index is 1440. The number of aromatic nitrogens is 3. The summed E-state index contributed by atoms with van der Waals surface area (Å²) in [5.74, 6) is 0.449. The molecule has 3 aromatic carbocycles. The number of benzene rings is 3. The summed E-state index contributed by atoms with van der Waals surface area (Å²) in [6, 6.07) is 18.9. The van der Waals surface area contributed by atoms with Gasteiger partial charge in [-0.2, -0.15) is 0 Å². The largest absolute Gasteiger partial charge is 0.573 e. The van der Waals surface area contributed by atoms with Crippen molar-refractivity contribution in [3.8, 4) is 22.8 Å². The van der Waals surface area contributed by atoms with Gasteiger partial charge < -0.3 is 20.5 Å². The van der Waals surface area contributed by atoms with Gasteiger partial charge in [0.05, 0.1) is 5.69 Å². The van der Waals surface area contributed by atoms with Crippen molar-refractivity contribution in [2.24, 2.45) is 0 Å². The summed E-state index contributed by atoms with van der Waals surface area (Å²) in [6.45, 7) is 6.59. The fourth-order valence-electron chi connectivity index (χ4n) is 3.92. The third-order valence-electron chi connectivity index (χ3n) is 5.89. The van der Waals surface area contributed by atoms with Gasteiger partial charge in [0.1, 0.15) is 12.1 Å². The molecule has 4 N–H and O–H groups in total. The van der Waals surface area contributed by atoms with Crippen LogP contribution in [-0.4, -0.2) is 37.7 Å². The lowest BCUT2D eigenvalue weighted by Gasteiger charge is -2.20.